The molecule has 0 atom stereocenters. The number of benzene rings is 3. The monoisotopic (exact) mass is 417 g/mol. The van der Waals surface area contributed by atoms with E-state index in [1.807, 2.05) is 42.5 Å². The van der Waals surface area contributed by atoms with Gasteiger partial charge in [0, 0.05) is 23.3 Å². The molecule has 0 N–H and O–H groups in total. The van der Waals surface area contributed by atoms with Gasteiger partial charge in [0.05, 0.1) is 6.20 Å². The van der Waals surface area contributed by atoms with E-state index in [-0.39, 0.29) is 5.82 Å². The van der Waals surface area contributed by atoms with E-state index in [9.17, 15) is 4.39 Å². The van der Waals surface area contributed by atoms with Gasteiger partial charge in [0.15, 0.2) is 6.54 Å². The molecule has 2 aromatic heterocycles. The highest BCUT2D eigenvalue weighted by Crippen LogP contribution is 2.29. The fourth-order valence-corrected chi connectivity index (χ4v) is 3.95. The minimum atomic E-state index is -0.329. The van der Waals surface area contributed by atoms with Crippen molar-refractivity contribution < 1.29 is 8.96 Å². The lowest BCUT2D eigenvalue weighted by Crippen LogP contribution is -2.40. The number of rotatable bonds is 5. The fourth-order valence-electron chi connectivity index (χ4n) is 3.95. The van der Waals surface area contributed by atoms with Crippen LogP contribution in [0.3, 0.4) is 0 Å². The van der Waals surface area contributed by atoms with Crippen LogP contribution in [-0.2, 0) is 6.54 Å². The Morgan fingerprint density at radius 2 is 1.06 bits per heavy atom. The summed E-state index contributed by atoms with van der Waals surface area (Å²) in [6.45, 7) is 0.532. The molecule has 154 valence electrons. The van der Waals surface area contributed by atoms with Crippen molar-refractivity contribution in [2.24, 2.45) is 0 Å². The van der Waals surface area contributed by atoms with Crippen molar-refractivity contribution in [3.63, 3.8) is 0 Å². The number of aromatic nitrogens is 2. The van der Waals surface area contributed by atoms with Crippen LogP contribution in [0.2, 0.25) is 0 Å². The normalized spacial score (nSPS) is 10.8. The quantitative estimate of drug-likeness (QED) is 0.296. The zero-order valence-electron chi connectivity index (χ0n) is 17.5. The first-order valence-corrected chi connectivity index (χ1v) is 10.6. The summed E-state index contributed by atoms with van der Waals surface area (Å²) in [6.07, 6.45) is 1.28. The summed E-state index contributed by atoms with van der Waals surface area (Å²) in [5.74, 6) is -0.329. The van der Waals surface area contributed by atoms with Gasteiger partial charge in [0.25, 0.3) is 0 Å². The van der Waals surface area contributed by atoms with Gasteiger partial charge in [0.1, 0.15) is 11.5 Å². The summed E-state index contributed by atoms with van der Waals surface area (Å²) in [7, 11) is 0. The van der Waals surface area contributed by atoms with E-state index >= 15 is 0 Å². The highest BCUT2D eigenvalue weighted by molar-refractivity contribution is 5.73. The standard InChI is InChI=1S/C29H22FN2/c30-26-16-17-27(31-20-26)21-32-28(23-12-6-2-7-13-23)18-25(22-10-4-1-5-11-22)19-29(32)24-14-8-3-9-15-24/h1-20H,21H2/q+1. The van der Waals surface area contributed by atoms with E-state index < -0.39 is 0 Å². The highest BCUT2D eigenvalue weighted by atomic mass is 19.1. The molecule has 5 rings (SSSR count). The number of hydrogen-bond acceptors (Lipinski definition) is 1. The minimum Gasteiger partial charge on any atom is -0.252 e. The Morgan fingerprint density at radius 1 is 0.562 bits per heavy atom. The zero-order chi connectivity index (χ0) is 21.8. The molecule has 0 fully saturated rings. The molecule has 3 aromatic carbocycles. The van der Waals surface area contributed by atoms with Gasteiger partial charge in [-0.05, 0) is 47.5 Å². The Bertz CT molecular complexity index is 1260. The molecule has 2 nitrogen and oxygen atoms in total. The second-order valence-corrected chi connectivity index (χ2v) is 7.67. The van der Waals surface area contributed by atoms with Crippen molar-refractivity contribution in [2.45, 2.75) is 6.54 Å². The molecule has 0 unspecified atom stereocenters. The molecule has 5 aromatic rings. The number of hydrogen-bond donors (Lipinski definition) is 0. The molecule has 0 saturated carbocycles. The van der Waals surface area contributed by atoms with Crippen LogP contribution in [0.5, 0.6) is 0 Å². The van der Waals surface area contributed by atoms with Crippen LogP contribution < -0.4 is 4.57 Å². The van der Waals surface area contributed by atoms with Gasteiger partial charge in [-0.2, -0.15) is 4.57 Å². The lowest BCUT2D eigenvalue weighted by molar-refractivity contribution is -0.667. The van der Waals surface area contributed by atoms with Crippen molar-refractivity contribution in [3.05, 3.63) is 133 Å². The average Bonchev–Trinajstić information content (AvgIpc) is 2.87. The molecule has 0 aliphatic rings. The lowest BCUT2D eigenvalue weighted by atomic mass is 9.99. The molecular formula is C29H22FN2+. The molecule has 0 amide bonds. The summed E-state index contributed by atoms with van der Waals surface area (Å²) >= 11 is 0. The third kappa shape index (κ3) is 4.19. The Balaban J connectivity index is 1.78. The van der Waals surface area contributed by atoms with Gasteiger partial charge >= 0.3 is 0 Å². The van der Waals surface area contributed by atoms with E-state index in [0.717, 1.165) is 39.3 Å². The average molecular weight is 418 g/mol. The molecule has 0 bridgehead atoms. The Labute approximate surface area is 187 Å². The SMILES string of the molecule is Fc1ccc(C[n+]2c(-c3ccccc3)cc(-c3ccccc3)cc2-c2ccccc2)nc1. The van der Waals surface area contributed by atoms with E-state index in [1.165, 1.54) is 12.3 Å². The molecule has 32 heavy (non-hydrogen) atoms. The van der Waals surface area contributed by atoms with Crippen LogP contribution in [0.25, 0.3) is 33.6 Å². The third-order valence-corrected chi connectivity index (χ3v) is 5.52. The van der Waals surface area contributed by atoms with E-state index in [0.29, 0.717) is 6.54 Å². The summed E-state index contributed by atoms with van der Waals surface area (Å²) in [5, 5.41) is 0. The summed E-state index contributed by atoms with van der Waals surface area (Å²) in [6, 6.07) is 38.8. The smallest absolute Gasteiger partial charge is 0.213 e. The first-order chi connectivity index (χ1) is 15.8. The first kappa shape index (κ1) is 19.8. The number of nitrogens with zero attached hydrogens (tertiary/aromatic N) is 2. The maximum Gasteiger partial charge on any atom is 0.213 e. The minimum absolute atomic E-state index is 0.329. The predicted octanol–water partition coefficient (Wildman–Crippen LogP) is 6.56. The third-order valence-electron chi connectivity index (χ3n) is 5.52. The van der Waals surface area contributed by atoms with Gasteiger partial charge < -0.3 is 0 Å². The topological polar surface area (TPSA) is 16.8 Å². The largest absolute Gasteiger partial charge is 0.252 e. The van der Waals surface area contributed by atoms with Crippen molar-refractivity contribution in [1.29, 1.82) is 0 Å². The molecule has 0 aliphatic carbocycles. The Kier molecular flexibility index (Phi) is 5.54. The van der Waals surface area contributed by atoms with Gasteiger partial charge in [-0.3, -0.25) is 4.98 Å². The van der Waals surface area contributed by atoms with Crippen LogP contribution in [0, 0.1) is 5.82 Å². The summed E-state index contributed by atoms with van der Waals surface area (Å²) in [5.41, 5.74) is 7.50. The maximum atomic E-state index is 13.5. The molecule has 0 spiro atoms. The Morgan fingerprint density at radius 3 is 1.53 bits per heavy atom. The van der Waals surface area contributed by atoms with E-state index in [4.69, 9.17) is 0 Å². The van der Waals surface area contributed by atoms with Crippen LogP contribution >= 0.6 is 0 Å². The zero-order valence-corrected chi connectivity index (χ0v) is 17.5. The second-order valence-electron chi connectivity index (χ2n) is 7.67. The molecule has 0 radical (unpaired) electrons. The van der Waals surface area contributed by atoms with Gasteiger partial charge in [0.2, 0.25) is 11.4 Å². The summed E-state index contributed by atoms with van der Waals surface area (Å²) in [4.78, 5) is 4.33. The molecule has 3 heteroatoms. The maximum absolute atomic E-state index is 13.5. The fraction of sp³-hybridized carbons (Fsp3) is 0.0345. The van der Waals surface area contributed by atoms with Gasteiger partial charge in [-0.15, -0.1) is 0 Å². The van der Waals surface area contributed by atoms with Crippen molar-refractivity contribution >= 4 is 0 Å². The van der Waals surface area contributed by atoms with Crippen LogP contribution in [0.4, 0.5) is 4.39 Å². The highest BCUT2D eigenvalue weighted by Gasteiger charge is 2.23. The van der Waals surface area contributed by atoms with Crippen molar-refractivity contribution in [3.8, 4) is 33.6 Å². The molecule has 0 aliphatic heterocycles. The lowest BCUT2D eigenvalue weighted by Gasteiger charge is -2.13. The van der Waals surface area contributed by atoms with Gasteiger partial charge in [-0.25, -0.2) is 4.39 Å². The van der Waals surface area contributed by atoms with Crippen LogP contribution in [0.1, 0.15) is 5.69 Å². The molecular weight excluding hydrogens is 395 g/mol. The van der Waals surface area contributed by atoms with E-state index in [1.54, 1.807) is 6.07 Å². The van der Waals surface area contributed by atoms with Crippen LogP contribution in [0.15, 0.2) is 121 Å². The predicted molar refractivity (Wildman–Crippen MR) is 126 cm³/mol. The van der Waals surface area contributed by atoms with Crippen molar-refractivity contribution in [1.82, 2.24) is 4.98 Å². The van der Waals surface area contributed by atoms with Crippen molar-refractivity contribution in [2.75, 3.05) is 0 Å². The van der Waals surface area contributed by atoms with Gasteiger partial charge in [-0.1, -0.05) is 66.7 Å². The number of pyridine rings is 2. The van der Waals surface area contributed by atoms with E-state index in [2.05, 4.69) is 70.2 Å². The summed E-state index contributed by atoms with van der Waals surface area (Å²) < 4.78 is 15.7. The van der Waals surface area contributed by atoms with Crippen LogP contribution in [-0.4, -0.2) is 4.98 Å². The first-order valence-electron chi connectivity index (χ1n) is 10.6. The number of halogens is 1. The second kappa shape index (κ2) is 8.94. The Hall–Kier alpha value is -4.11. The molecule has 0 saturated heterocycles. The molecule has 2 heterocycles.